The third-order valence-electron chi connectivity index (χ3n) is 2.87. The first-order chi connectivity index (χ1) is 9.95. The molecule has 0 N–H and O–H groups in total. The number of hydrogen-bond donors (Lipinski definition) is 0. The van der Waals surface area contributed by atoms with E-state index in [1.165, 1.54) is 0 Å². The van der Waals surface area contributed by atoms with E-state index in [0.717, 1.165) is 5.01 Å². The molecule has 0 saturated heterocycles. The van der Waals surface area contributed by atoms with E-state index in [9.17, 15) is 15.0 Å². The number of hydrogen-bond acceptors (Lipinski definition) is 5. The fourth-order valence-corrected chi connectivity index (χ4v) is 2.34. The average molecular weight is 309 g/mol. The van der Waals surface area contributed by atoms with Crippen molar-refractivity contribution in [1.29, 1.82) is 0 Å². The van der Waals surface area contributed by atoms with Crippen LogP contribution in [-0.2, 0) is 0 Å². The van der Waals surface area contributed by atoms with Gasteiger partial charge in [-0.25, -0.2) is 9.99 Å². The minimum absolute atomic E-state index is 0.0827. The molecule has 0 unspecified atom stereocenters. The molecule has 2 aromatic rings. The van der Waals surface area contributed by atoms with Gasteiger partial charge >= 0.3 is 5.69 Å². The lowest BCUT2D eigenvalue weighted by molar-refractivity contribution is -0.384. The van der Waals surface area contributed by atoms with Gasteiger partial charge in [0.2, 0.25) is 5.15 Å². The highest BCUT2D eigenvalue weighted by atomic mass is 35.5. The number of anilines is 1. The van der Waals surface area contributed by atoms with Crippen LogP contribution in [0.5, 0.6) is 0 Å². The Morgan fingerprint density at radius 2 is 2.10 bits per heavy atom. The Labute approximate surface area is 125 Å². The maximum atomic E-state index is 11.3. The molecule has 1 heterocycles. The standard InChI is InChI=1S/C13H13ClN4O3/c1-8(2)7-17(16-19)11-9-5-3-4-6-10(9)15-13(14)12(11)18(20)21/h3-6,8H,7H2,1-2H3. The van der Waals surface area contributed by atoms with Crippen LogP contribution in [-0.4, -0.2) is 16.5 Å². The summed E-state index contributed by atoms with van der Waals surface area (Å²) in [6.07, 6.45) is 0. The summed E-state index contributed by atoms with van der Waals surface area (Å²) in [5, 5.41) is 15.5. The molecule has 0 amide bonds. The summed E-state index contributed by atoms with van der Waals surface area (Å²) < 4.78 is 0. The van der Waals surface area contributed by atoms with Crippen molar-refractivity contribution in [1.82, 2.24) is 4.98 Å². The third-order valence-corrected chi connectivity index (χ3v) is 3.14. The van der Waals surface area contributed by atoms with Crippen molar-refractivity contribution < 1.29 is 4.92 Å². The number of benzene rings is 1. The van der Waals surface area contributed by atoms with E-state index in [4.69, 9.17) is 11.6 Å². The highest BCUT2D eigenvalue weighted by Gasteiger charge is 2.28. The molecule has 8 heteroatoms. The third kappa shape index (κ3) is 2.92. The number of nitro groups is 1. The van der Waals surface area contributed by atoms with Crippen molar-refractivity contribution in [2.24, 2.45) is 11.2 Å². The van der Waals surface area contributed by atoms with E-state index in [0.29, 0.717) is 10.9 Å². The lowest BCUT2D eigenvalue weighted by Gasteiger charge is -2.19. The van der Waals surface area contributed by atoms with E-state index < -0.39 is 10.6 Å². The second-order valence-corrected chi connectivity index (χ2v) is 5.29. The van der Waals surface area contributed by atoms with Crippen molar-refractivity contribution in [2.75, 3.05) is 11.6 Å². The largest absolute Gasteiger partial charge is 0.332 e. The smallest absolute Gasteiger partial charge is 0.258 e. The molecule has 0 aliphatic rings. The van der Waals surface area contributed by atoms with Gasteiger partial charge in [0.05, 0.1) is 15.7 Å². The fourth-order valence-electron chi connectivity index (χ4n) is 2.09. The summed E-state index contributed by atoms with van der Waals surface area (Å²) in [5.41, 5.74) is 0.149. The number of rotatable bonds is 5. The summed E-state index contributed by atoms with van der Waals surface area (Å²) >= 11 is 5.92. The second-order valence-electron chi connectivity index (χ2n) is 4.93. The van der Waals surface area contributed by atoms with Gasteiger partial charge in [-0.2, -0.15) is 0 Å². The van der Waals surface area contributed by atoms with Gasteiger partial charge in [0, 0.05) is 11.9 Å². The van der Waals surface area contributed by atoms with Crippen molar-refractivity contribution >= 4 is 33.9 Å². The van der Waals surface area contributed by atoms with E-state index >= 15 is 0 Å². The summed E-state index contributed by atoms with van der Waals surface area (Å²) in [4.78, 5) is 25.8. The lowest BCUT2D eigenvalue weighted by atomic mass is 10.1. The first kappa shape index (κ1) is 15.1. The molecular formula is C13H13ClN4O3. The van der Waals surface area contributed by atoms with Crippen LogP contribution in [0.15, 0.2) is 29.6 Å². The minimum atomic E-state index is -0.643. The van der Waals surface area contributed by atoms with Gasteiger partial charge < -0.3 is 0 Å². The average Bonchev–Trinajstić information content (AvgIpc) is 2.42. The number of para-hydroxylation sites is 1. The molecule has 0 fully saturated rings. The Balaban J connectivity index is 2.81. The monoisotopic (exact) mass is 308 g/mol. The Morgan fingerprint density at radius 3 is 2.67 bits per heavy atom. The van der Waals surface area contributed by atoms with Gasteiger partial charge in [0.1, 0.15) is 0 Å². The lowest BCUT2D eigenvalue weighted by Crippen LogP contribution is -2.22. The highest BCUT2D eigenvalue weighted by Crippen LogP contribution is 2.40. The maximum absolute atomic E-state index is 11.3. The molecule has 1 aromatic heterocycles. The Morgan fingerprint density at radius 1 is 1.43 bits per heavy atom. The summed E-state index contributed by atoms with van der Waals surface area (Å²) in [5.74, 6) is 0.0907. The molecule has 0 spiro atoms. The predicted molar refractivity (Wildman–Crippen MR) is 81.4 cm³/mol. The molecule has 0 aliphatic heterocycles. The minimum Gasteiger partial charge on any atom is -0.258 e. The molecule has 0 bridgehead atoms. The van der Waals surface area contributed by atoms with Crippen LogP contribution in [0.4, 0.5) is 11.4 Å². The molecule has 7 nitrogen and oxygen atoms in total. The number of fused-ring (bicyclic) bond motifs is 1. The number of pyridine rings is 1. The normalized spacial score (nSPS) is 10.9. The van der Waals surface area contributed by atoms with Crippen LogP contribution in [0.1, 0.15) is 13.8 Å². The quantitative estimate of drug-likeness (QED) is 0.361. The molecule has 2 rings (SSSR count). The van der Waals surface area contributed by atoms with Crippen molar-refractivity contribution in [2.45, 2.75) is 13.8 Å². The SMILES string of the molecule is CC(C)CN(N=O)c1c([N+](=O)[O-])c(Cl)nc2ccccc12. The summed E-state index contributed by atoms with van der Waals surface area (Å²) in [7, 11) is 0. The van der Waals surface area contributed by atoms with Gasteiger partial charge in [-0.15, -0.1) is 4.91 Å². The molecule has 0 aliphatic carbocycles. The zero-order valence-electron chi connectivity index (χ0n) is 11.5. The van der Waals surface area contributed by atoms with E-state index in [1.54, 1.807) is 24.3 Å². The van der Waals surface area contributed by atoms with Gasteiger partial charge in [-0.1, -0.05) is 43.6 Å². The molecule has 0 radical (unpaired) electrons. The molecule has 0 atom stereocenters. The Kier molecular flexibility index (Phi) is 4.32. The van der Waals surface area contributed by atoms with Crippen molar-refractivity contribution in [3.8, 4) is 0 Å². The zero-order chi connectivity index (χ0) is 15.6. The molecule has 110 valence electrons. The van der Waals surface area contributed by atoms with Crippen LogP contribution >= 0.6 is 11.6 Å². The predicted octanol–water partition coefficient (Wildman–Crippen LogP) is 3.94. The van der Waals surface area contributed by atoms with Crippen LogP contribution in [0.3, 0.4) is 0 Å². The number of nitroso groups, excluding NO2 is 1. The van der Waals surface area contributed by atoms with Crippen LogP contribution in [0.2, 0.25) is 5.15 Å². The summed E-state index contributed by atoms with van der Waals surface area (Å²) in [6, 6.07) is 6.78. The topological polar surface area (TPSA) is 88.7 Å². The van der Waals surface area contributed by atoms with E-state index in [2.05, 4.69) is 10.3 Å². The second kappa shape index (κ2) is 6.01. The van der Waals surface area contributed by atoms with Crippen molar-refractivity contribution in [3.05, 3.63) is 44.4 Å². The molecule has 1 aromatic carbocycles. The summed E-state index contributed by atoms with van der Waals surface area (Å²) in [6.45, 7) is 4.01. The Bertz CT molecular complexity index is 705. The zero-order valence-corrected chi connectivity index (χ0v) is 12.2. The first-order valence-electron chi connectivity index (χ1n) is 6.29. The van der Waals surface area contributed by atoms with Crippen LogP contribution in [0, 0.1) is 20.9 Å². The number of halogens is 1. The fraction of sp³-hybridized carbons (Fsp3) is 0.308. The number of nitrogens with zero attached hydrogens (tertiary/aromatic N) is 4. The van der Waals surface area contributed by atoms with Gasteiger partial charge in [0.15, 0.2) is 5.69 Å². The molecule has 21 heavy (non-hydrogen) atoms. The van der Waals surface area contributed by atoms with Gasteiger partial charge in [0.25, 0.3) is 0 Å². The number of aromatic nitrogens is 1. The highest BCUT2D eigenvalue weighted by molar-refractivity contribution is 6.33. The van der Waals surface area contributed by atoms with Crippen LogP contribution in [0.25, 0.3) is 10.9 Å². The van der Waals surface area contributed by atoms with E-state index in [1.807, 2.05) is 13.8 Å². The molecule has 0 saturated carbocycles. The van der Waals surface area contributed by atoms with Gasteiger partial charge in [-0.3, -0.25) is 10.1 Å². The van der Waals surface area contributed by atoms with Gasteiger partial charge in [-0.05, 0) is 12.0 Å². The van der Waals surface area contributed by atoms with Crippen LogP contribution < -0.4 is 5.01 Å². The van der Waals surface area contributed by atoms with Crippen molar-refractivity contribution in [3.63, 3.8) is 0 Å². The maximum Gasteiger partial charge on any atom is 0.332 e. The first-order valence-corrected chi connectivity index (χ1v) is 6.67. The van der Waals surface area contributed by atoms with E-state index in [-0.39, 0.29) is 23.3 Å². The molecular weight excluding hydrogens is 296 g/mol. The Hall–Kier alpha value is -2.28.